The van der Waals surface area contributed by atoms with Gasteiger partial charge in [0.1, 0.15) is 11.4 Å². The number of nitrogens with one attached hydrogen (secondary N) is 1. The van der Waals surface area contributed by atoms with E-state index in [-0.39, 0.29) is 5.56 Å². The monoisotopic (exact) mass is 278 g/mol. The molecule has 0 bridgehead atoms. The Kier molecular flexibility index (Phi) is 4.28. The third-order valence-corrected chi connectivity index (χ3v) is 3.93. The van der Waals surface area contributed by atoms with E-state index in [0.29, 0.717) is 17.9 Å². The van der Waals surface area contributed by atoms with Crippen molar-refractivity contribution in [2.24, 2.45) is 0 Å². The summed E-state index contributed by atoms with van der Waals surface area (Å²) in [6.45, 7) is 3.95. The van der Waals surface area contributed by atoms with Gasteiger partial charge in [0.2, 0.25) is 0 Å². The number of aromatic carboxylic acids is 1. The largest absolute Gasteiger partial charge is 0.478 e. The molecule has 1 aromatic rings. The normalized spacial score (nSPS) is 17.8. The van der Waals surface area contributed by atoms with Gasteiger partial charge in [0, 0.05) is 12.2 Å². The predicted octanol–water partition coefficient (Wildman–Crippen LogP) is 2.50. The molecule has 2 rings (SSSR count). The summed E-state index contributed by atoms with van der Waals surface area (Å²) in [6, 6.07) is 1.75. The quantitative estimate of drug-likeness (QED) is 0.788. The van der Waals surface area contributed by atoms with Crippen molar-refractivity contribution in [1.82, 2.24) is 4.98 Å². The minimum atomic E-state index is -0.992. The highest BCUT2D eigenvalue weighted by atomic mass is 16.4. The fourth-order valence-electron chi connectivity index (χ4n) is 2.87. The predicted molar refractivity (Wildman–Crippen MR) is 77.2 cm³/mol. The second-order valence-electron chi connectivity index (χ2n) is 5.75. The maximum Gasteiger partial charge on any atom is 0.339 e. The van der Waals surface area contributed by atoms with Crippen molar-refractivity contribution in [3.63, 3.8) is 0 Å². The van der Waals surface area contributed by atoms with Crippen molar-refractivity contribution < 1.29 is 15.0 Å². The van der Waals surface area contributed by atoms with E-state index < -0.39 is 11.6 Å². The summed E-state index contributed by atoms with van der Waals surface area (Å²) in [7, 11) is 0. The number of rotatable bonds is 4. The topological polar surface area (TPSA) is 82.5 Å². The number of aromatic nitrogens is 1. The van der Waals surface area contributed by atoms with Crippen molar-refractivity contribution in [3.8, 4) is 0 Å². The maximum atomic E-state index is 11.3. The number of aryl methyl sites for hydroxylation is 2. The molecule has 1 aliphatic rings. The first-order valence-electron chi connectivity index (χ1n) is 7.09. The second-order valence-corrected chi connectivity index (χ2v) is 5.75. The lowest BCUT2D eigenvalue weighted by Gasteiger charge is -2.32. The van der Waals surface area contributed by atoms with E-state index in [0.717, 1.165) is 37.8 Å². The number of hydrogen-bond acceptors (Lipinski definition) is 4. The van der Waals surface area contributed by atoms with Crippen molar-refractivity contribution in [2.75, 3.05) is 11.9 Å². The highest BCUT2D eigenvalue weighted by Crippen LogP contribution is 2.29. The summed E-state index contributed by atoms with van der Waals surface area (Å²) in [5.74, 6) is -0.637. The van der Waals surface area contributed by atoms with Crippen LogP contribution >= 0.6 is 0 Å². The van der Waals surface area contributed by atoms with Crippen molar-refractivity contribution in [3.05, 3.63) is 22.9 Å². The van der Waals surface area contributed by atoms with Crippen LogP contribution in [0, 0.1) is 13.8 Å². The molecule has 1 heterocycles. The van der Waals surface area contributed by atoms with Gasteiger partial charge in [-0.25, -0.2) is 9.78 Å². The summed E-state index contributed by atoms with van der Waals surface area (Å²) < 4.78 is 0. The Balaban J connectivity index is 2.18. The number of hydrogen-bond donors (Lipinski definition) is 3. The summed E-state index contributed by atoms with van der Waals surface area (Å²) in [4.78, 5) is 15.6. The Morgan fingerprint density at radius 2 is 2.00 bits per heavy atom. The van der Waals surface area contributed by atoms with Crippen LogP contribution in [0.3, 0.4) is 0 Å². The van der Waals surface area contributed by atoms with Crippen molar-refractivity contribution >= 4 is 11.8 Å². The zero-order chi connectivity index (χ0) is 14.8. The lowest BCUT2D eigenvalue weighted by Crippen LogP contribution is -2.39. The summed E-state index contributed by atoms with van der Waals surface area (Å²) in [5.41, 5.74) is 0.900. The minimum Gasteiger partial charge on any atom is -0.478 e. The molecule has 1 aliphatic carbocycles. The van der Waals surface area contributed by atoms with Gasteiger partial charge < -0.3 is 15.5 Å². The number of anilines is 1. The van der Waals surface area contributed by atoms with Gasteiger partial charge in [0.15, 0.2) is 0 Å². The Morgan fingerprint density at radius 3 is 2.60 bits per heavy atom. The number of carboxylic acid groups (broad SMARTS) is 1. The van der Waals surface area contributed by atoms with Crippen LogP contribution in [0.4, 0.5) is 5.82 Å². The Morgan fingerprint density at radius 1 is 1.35 bits per heavy atom. The van der Waals surface area contributed by atoms with Gasteiger partial charge in [-0.15, -0.1) is 0 Å². The standard InChI is InChI=1S/C15H22N2O3/c1-10-8-11(2)17-13(12(10)14(18)19)16-9-15(20)6-4-3-5-7-15/h8,20H,3-7,9H2,1-2H3,(H,16,17)(H,18,19). The Labute approximate surface area is 119 Å². The molecule has 0 amide bonds. The molecule has 0 saturated heterocycles. The van der Waals surface area contributed by atoms with Gasteiger partial charge in [0.05, 0.1) is 5.60 Å². The third-order valence-electron chi connectivity index (χ3n) is 3.93. The summed E-state index contributed by atoms with van der Waals surface area (Å²) in [5, 5.41) is 22.8. The van der Waals surface area contributed by atoms with Gasteiger partial charge >= 0.3 is 5.97 Å². The summed E-state index contributed by atoms with van der Waals surface area (Å²) >= 11 is 0. The first-order chi connectivity index (χ1) is 9.41. The van der Waals surface area contributed by atoms with Gasteiger partial charge in [-0.1, -0.05) is 19.3 Å². The summed E-state index contributed by atoms with van der Waals surface area (Å²) in [6.07, 6.45) is 4.71. The fourth-order valence-corrected chi connectivity index (χ4v) is 2.87. The van der Waals surface area contributed by atoms with Crippen LogP contribution in [-0.4, -0.2) is 33.3 Å². The minimum absolute atomic E-state index is 0.190. The van der Waals surface area contributed by atoms with E-state index in [4.69, 9.17) is 0 Å². The smallest absolute Gasteiger partial charge is 0.339 e. The number of aliphatic hydroxyl groups is 1. The molecule has 0 atom stereocenters. The first-order valence-corrected chi connectivity index (χ1v) is 7.09. The van der Waals surface area contributed by atoms with Crippen LogP contribution in [-0.2, 0) is 0 Å². The highest BCUT2D eigenvalue weighted by Gasteiger charge is 2.29. The molecule has 0 aliphatic heterocycles. The van der Waals surface area contributed by atoms with Gasteiger partial charge in [0.25, 0.3) is 0 Å². The van der Waals surface area contributed by atoms with E-state index in [2.05, 4.69) is 10.3 Å². The SMILES string of the molecule is Cc1cc(C)c(C(=O)O)c(NCC2(O)CCCCC2)n1. The van der Waals surface area contributed by atoms with Crippen LogP contribution in [0.15, 0.2) is 6.07 Å². The number of carbonyl (C=O) groups is 1. The molecule has 20 heavy (non-hydrogen) atoms. The van der Waals surface area contributed by atoms with E-state index in [1.54, 1.807) is 13.0 Å². The highest BCUT2D eigenvalue weighted by molar-refractivity contribution is 5.94. The van der Waals surface area contributed by atoms with Gasteiger partial charge in [-0.3, -0.25) is 0 Å². The van der Waals surface area contributed by atoms with Crippen molar-refractivity contribution in [1.29, 1.82) is 0 Å². The molecular formula is C15H22N2O3. The zero-order valence-corrected chi connectivity index (χ0v) is 12.1. The maximum absolute atomic E-state index is 11.3. The molecular weight excluding hydrogens is 256 g/mol. The molecule has 5 nitrogen and oxygen atoms in total. The first kappa shape index (κ1) is 14.8. The van der Waals surface area contributed by atoms with Crippen LogP contribution in [0.1, 0.15) is 53.7 Å². The molecule has 110 valence electrons. The molecule has 1 aromatic heterocycles. The van der Waals surface area contributed by atoms with Crippen LogP contribution in [0.2, 0.25) is 0 Å². The van der Waals surface area contributed by atoms with E-state index >= 15 is 0 Å². The van der Waals surface area contributed by atoms with Gasteiger partial charge in [-0.05, 0) is 38.3 Å². The Hall–Kier alpha value is -1.62. The molecule has 3 N–H and O–H groups in total. The lowest BCUT2D eigenvalue weighted by atomic mass is 9.85. The van der Waals surface area contributed by atoms with Crippen LogP contribution < -0.4 is 5.32 Å². The zero-order valence-electron chi connectivity index (χ0n) is 12.1. The molecule has 0 spiro atoms. The number of nitrogens with zero attached hydrogens (tertiary/aromatic N) is 1. The molecule has 0 unspecified atom stereocenters. The molecule has 1 saturated carbocycles. The molecule has 0 aromatic carbocycles. The fraction of sp³-hybridized carbons (Fsp3) is 0.600. The van der Waals surface area contributed by atoms with E-state index in [1.165, 1.54) is 0 Å². The number of carboxylic acids is 1. The molecule has 0 radical (unpaired) electrons. The molecule has 1 fully saturated rings. The van der Waals surface area contributed by atoms with E-state index in [1.807, 2.05) is 6.92 Å². The van der Waals surface area contributed by atoms with Gasteiger partial charge in [-0.2, -0.15) is 0 Å². The van der Waals surface area contributed by atoms with Crippen LogP contribution in [0.25, 0.3) is 0 Å². The molecule has 5 heteroatoms. The van der Waals surface area contributed by atoms with Crippen LogP contribution in [0.5, 0.6) is 0 Å². The van der Waals surface area contributed by atoms with Crippen molar-refractivity contribution in [2.45, 2.75) is 51.6 Å². The Bertz CT molecular complexity index is 508. The second kappa shape index (κ2) is 5.79. The third kappa shape index (κ3) is 3.28. The average molecular weight is 278 g/mol. The lowest BCUT2D eigenvalue weighted by molar-refractivity contribution is 0.0166. The van der Waals surface area contributed by atoms with E-state index in [9.17, 15) is 15.0 Å². The number of pyridine rings is 1. The average Bonchev–Trinajstić information content (AvgIpc) is 2.36.